The SMILES string of the molecule is COc1cc(N2C(=O)N[C@@H]3C[C@@]2(C)Oc2ccccc23)cc(OC)c1OC. The zero-order valence-electron chi connectivity index (χ0n) is 15.7. The molecule has 2 aliphatic rings. The van der Waals surface area contributed by atoms with Gasteiger partial charge in [0, 0.05) is 24.1 Å². The number of benzene rings is 2. The fourth-order valence-corrected chi connectivity index (χ4v) is 3.91. The second-order valence-corrected chi connectivity index (χ2v) is 6.74. The minimum Gasteiger partial charge on any atom is -0.493 e. The molecule has 0 aromatic heterocycles. The van der Waals surface area contributed by atoms with Gasteiger partial charge in [-0.1, -0.05) is 18.2 Å². The summed E-state index contributed by atoms with van der Waals surface area (Å²) in [6, 6.07) is 10.9. The Labute approximate surface area is 157 Å². The van der Waals surface area contributed by atoms with E-state index in [9.17, 15) is 4.79 Å². The quantitative estimate of drug-likeness (QED) is 0.892. The van der Waals surface area contributed by atoms with Gasteiger partial charge in [0.25, 0.3) is 0 Å². The van der Waals surface area contributed by atoms with E-state index in [0.717, 1.165) is 11.3 Å². The standard InChI is InChI=1S/C20H22N2O5/c1-20-11-14(13-7-5-6-8-15(13)27-20)21-19(23)22(20)12-9-16(24-2)18(26-4)17(10-12)25-3/h5-10,14H,11H2,1-4H3,(H,21,23)/t14-,20-/m1/s1. The van der Waals surface area contributed by atoms with Crippen molar-refractivity contribution in [1.29, 1.82) is 0 Å². The molecule has 0 spiro atoms. The summed E-state index contributed by atoms with van der Waals surface area (Å²) in [5, 5.41) is 3.08. The second kappa shape index (κ2) is 6.26. The summed E-state index contributed by atoms with van der Waals surface area (Å²) in [7, 11) is 4.63. The number of nitrogens with zero attached hydrogens (tertiary/aromatic N) is 1. The van der Waals surface area contributed by atoms with Crippen molar-refractivity contribution in [1.82, 2.24) is 5.32 Å². The summed E-state index contributed by atoms with van der Waals surface area (Å²) in [5.74, 6) is 2.19. The normalized spacial score (nSPS) is 23.0. The van der Waals surface area contributed by atoms with Crippen LogP contribution in [0.15, 0.2) is 36.4 Å². The molecule has 4 rings (SSSR count). The summed E-state index contributed by atoms with van der Waals surface area (Å²) >= 11 is 0. The molecule has 1 N–H and O–H groups in total. The number of rotatable bonds is 4. The number of carbonyl (C=O) groups excluding carboxylic acids is 1. The van der Waals surface area contributed by atoms with Crippen LogP contribution in [0.2, 0.25) is 0 Å². The van der Waals surface area contributed by atoms with E-state index in [4.69, 9.17) is 18.9 Å². The molecule has 7 heteroatoms. The number of hydrogen-bond donors (Lipinski definition) is 1. The van der Waals surface area contributed by atoms with Gasteiger partial charge < -0.3 is 24.3 Å². The Balaban J connectivity index is 1.82. The van der Waals surface area contributed by atoms with Crippen molar-refractivity contribution in [2.75, 3.05) is 26.2 Å². The highest BCUT2D eigenvalue weighted by molar-refractivity contribution is 5.95. The Hall–Kier alpha value is -3.09. The van der Waals surface area contributed by atoms with Crippen LogP contribution in [0.4, 0.5) is 10.5 Å². The van der Waals surface area contributed by atoms with Gasteiger partial charge in [-0.2, -0.15) is 0 Å². The van der Waals surface area contributed by atoms with Gasteiger partial charge in [0.15, 0.2) is 17.2 Å². The van der Waals surface area contributed by atoms with Crippen molar-refractivity contribution < 1.29 is 23.7 Å². The van der Waals surface area contributed by atoms with E-state index in [1.165, 1.54) is 0 Å². The van der Waals surface area contributed by atoms with Crippen LogP contribution in [0.3, 0.4) is 0 Å². The smallest absolute Gasteiger partial charge is 0.325 e. The van der Waals surface area contributed by atoms with Gasteiger partial charge in [-0.3, -0.25) is 4.90 Å². The summed E-state index contributed by atoms with van der Waals surface area (Å²) < 4.78 is 22.5. The van der Waals surface area contributed by atoms with Gasteiger partial charge in [-0.05, 0) is 13.0 Å². The molecule has 2 heterocycles. The highest BCUT2D eigenvalue weighted by Crippen LogP contribution is 2.48. The third-order valence-electron chi connectivity index (χ3n) is 5.09. The van der Waals surface area contributed by atoms with Crippen LogP contribution in [0.5, 0.6) is 23.0 Å². The Kier molecular flexibility index (Phi) is 4.02. The van der Waals surface area contributed by atoms with Gasteiger partial charge in [0.2, 0.25) is 5.75 Å². The van der Waals surface area contributed by atoms with Crippen LogP contribution < -0.4 is 29.2 Å². The van der Waals surface area contributed by atoms with E-state index >= 15 is 0 Å². The highest BCUT2D eigenvalue weighted by Gasteiger charge is 2.50. The van der Waals surface area contributed by atoms with Crippen LogP contribution in [-0.4, -0.2) is 33.1 Å². The average molecular weight is 370 g/mol. The first-order chi connectivity index (χ1) is 13.0. The molecular weight excluding hydrogens is 348 g/mol. The topological polar surface area (TPSA) is 69.3 Å². The Bertz CT molecular complexity index is 875. The number of ether oxygens (including phenoxy) is 4. The predicted octanol–water partition coefficient (Wildman–Crippen LogP) is 3.48. The van der Waals surface area contributed by atoms with E-state index in [1.54, 1.807) is 38.4 Å². The Morgan fingerprint density at radius 2 is 1.78 bits per heavy atom. The number of para-hydroxylation sites is 1. The maximum Gasteiger partial charge on any atom is 0.325 e. The number of fused-ring (bicyclic) bond motifs is 4. The van der Waals surface area contributed by atoms with E-state index in [1.807, 2.05) is 31.2 Å². The van der Waals surface area contributed by atoms with Gasteiger partial charge >= 0.3 is 6.03 Å². The lowest BCUT2D eigenvalue weighted by Crippen LogP contribution is -2.65. The van der Waals surface area contributed by atoms with Crippen LogP contribution in [0, 0.1) is 0 Å². The first kappa shape index (κ1) is 17.3. The summed E-state index contributed by atoms with van der Waals surface area (Å²) in [6.07, 6.45) is 0.617. The molecule has 2 atom stereocenters. The van der Waals surface area contributed by atoms with Crippen molar-refractivity contribution in [3.8, 4) is 23.0 Å². The van der Waals surface area contributed by atoms with Crippen LogP contribution in [0.1, 0.15) is 24.9 Å². The summed E-state index contributed by atoms with van der Waals surface area (Å²) in [6.45, 7) is 1.91. The molecular formula is C20H22N2O5. The zero-order chi connectivity index (χ0) is 19.2. The van der Waals surface area contributed by atoms with E-state index < -0.39 is 5.72 Å². The lowest BCUT2D eigenvalue weighted by atomic mass is 9.90. The lowest BCUT2D eigenvalue weighted by molar-refractivity contribution is 0.0378. The molecule has 2 aliphatic heterocycles. The van der Waals surface area contributed by atoms with Gasteiger partial charge in [-0.15, -0.1) is 0 Å². The van der Waals surface area contributed by atoms with Gasteiger partial charge in [0.05, 0.1) is 33.1 Å². The molecule has 27 heavy (non-hydrogen) atoms. The lowest BCUT2D eigenvalue weighted by Gasteiger charge is -2.50. The zero-order valence-corrected chi connectivity index (χ0v) is 15.7. The molecule has 142 valence electrons. The number of anilines is 1. The second-order valence-electron chi connectivity index (χ2n) is 6.74. The molecule has 0 saturated carbocycles. The van der Waals surface area contributed by atoms with E-state index in [-0.39, 0.29) is 12.1 Å². The molecule has 7 nitrogen and oxygen atoms in total. The Morgan fingerprint density at radius 1 is 1.11 bits per heavy atom. The van der Waals surface area contributed by atoms with Gasteiger partial charge in [-0.25, -0.2) is 4.79 Å². The fourth-order valence-electron chi connectivity index (χ4n) is 3.91. The monoisotopic (exact) mass is 370 g/mol. The number of amides is 2. The maximum atomic E-state index is 13.0. The molecule has 1 fully saturated rings. The van der Waals surface area contributed by atoms with Crippen molar-refractivity contribution in [2.24, 2.45) is 0 Å². The van der Waals surface area contributed by atoms with E-state index in [2.05, 4.69) is 5.32 Å². The van der Waals surface area contributed by atoms with Crippen molar-refractivity contribution in [3.05, 3.63) is 42.0 Å². The largest absolute Gasteiger partial charge is 0.493 e. The summed E-state index contributed by atoms with van der Waals surface area (Å²) in [5.41, 5.74) is 0.751. The van der Waals surface area contributed by atoms with Gasteiger partial charge in [0.1, 0.15) is 5.75 Å². The third kappa shape index (κ3) is 2.61. The maximum absolute atomic E-state index is 13.0. The van der Waals surface area contributed by atoms with Crippen molar-refractivity contribution in [3.63, 3.8) is 0 Å². The molecule has 0 unspecified atom stereocenters. The molecule has 2 aromatic rings. The minimum absolute atomic E-state index is 0.0919. The molecule has 2 bridgehead atoms. The van der Waals surface area contributed by atoms with Crippen molar-refractivity contribution in [2.45, 2.75) is 25.1 Å². The Morgan fingerprint density at radius 3 is 2.41 bits per heavy atom. The van der Waals surface area contributed by atoms with Crippen molar-refractivity contribution >= 4 is 11.7 Å². The molecule has 1 saturated heterocycles. The minimum atomic E-state index is -0.841. The van der Waals surface area contributed by atoms with E-state index in [0.29, 0.717) is 29.4 Å². The van der Waals surface area contributed by atoms with Crippen LogP contribution >= 0.6 is 0 Å². The third-order valence-corrected chi connectivity index (χ3v) is 5.09. The summed E-state index contributed by atoms with van der Waals surface area (Å²) in [4.78, 5) is 14.6. The molecule has 2 amide bonds. The molecule has 0 radical (unpaired) electrons. The highest BCUT2D eigenvalue weighted by atomic mass is 16.5. The fraction of sp³-hybridized carbons (Fsp3) is 0.350. The van der Waals surface area contributed by atoms with Crippen LogP contribution in [-0.2, 0) is 0 Å². The number of methoxy groups -OCH3 is 3. The predicted molar refractivity (Wildman–Crippen MR) is 99.9 cm³/mol. The number of nitrogens with one attached hydrogen (secondary N) is 1. The average Bonchev–Trinajstić information content (AvgIpc) is 2.66. The van der Waals surface area contributed by atoms with Crippen LogP contribution in [0.25, 0.3) is 0 Å². The molecule has 2 aromatic carbocycles. The molecule has 0 aliphatic carbocycles. The first-order valence-corrected chi connectivity index (χ1v) is 8.69. The first-order valence-electron chi connectivity index (χ1n) is 8.69. The number of urea groups is 1. The number of hydrogen-bond acceptors (Lipinski definition) is 5. The number of carbonyl (C=O) groups is 1.